The van der Waals surface area contributed by atoms with Crippen LogP contribution in [0.1, 0.15) is 31.2 Å². The molecule has 0 bridgehead atoms. The van der Waals surface area contributed by atoms with Crippen molar-refractivity contribution >= 4 is 11.6 Å². The first-order valence-electron chi connectivity index (χ1n) is 6.92. The van der Waals surface area contributed by atoms with Gasteiger partial charge >= 0.3 is 0 Å². The molecule has 0 amide bonds. The Bertz CT molecular complexity index is 533. The van der Waals surface area contributed by atoms with Crippen molar-refractivity contribution in [3.05, 3.63) is 34.9 Å². The maximum absolute atomic E-state index is 10.8. The predicted octanol–water partition coefficient (Wildman–Crippen LogP) is 2.58. The van der Waals surface area contributed by atoms with Crippen LogP contribution in [0.15, 0.2) is 24.3 Å². The highest BCUT2D eigenvalue weighted by Gasteiger charge is 2.45. The van der Waals surface area contributed by atoms with Gasteiger partial charge in [-0.25, -0.2) is 0 Å². The van der Waals surface area contributed by atoms with Crippen molar-refractivity contribution in [3.8, 4) is 11.8 Å². The van der Waals surface area contributed by atoms with Crippen LogP contribution in [0.5, 0.6) is 0 Å². The highest BCUT2D eigenvalue weighted by atomic mass is 35.5. The number of hydrogen-bond acceptors (Lipinski definition) is 2. The lowest BCUT2D eigenvalue weighted by Gasteiger charge is -2.37. The van der Waals surface area contributed by atoms with E-state index in [4.69, 9.17) is 11.6 Å². The maximum Gasteiger partial charge on any atom is 0.130 e. The summed E-state index contributed by atoms with van der Waals surface area (Å²) in [5.41, 5.74) is 0.0309. The van der Waals surface area contributed by atoms with Gasteiger partial charge in [0.2, 0.25) is 0 Å². The van der Waals surface area contributed by atoms with Crippen molar-refractivity contribution in [3.63, 3.8) is 0 Å². The number of fused-ring (bicyclic) bond motifs is 1. The van der Waals surface area contributed by atoms with Gasteiger partial charge in [-0.15, -0.1) is 0 Å². The molecule has 2 aliphatic rings. The minimum Gasteiger partial charge on any atom is -0.377 e. The van der Waals surface area contributed by atoms with E-state index in [0.29, 0.717) is 11.1 Å². The maximum atomic E-state index is 10.8. The Morgan fingerprint density at radius 2 is 2.26 bits per heavy atom. The van der Waals surface area contributed by atoms with Gasteiger partial charge in [0.15, 0.2) is 0 Å². The molecular formula is C16H18ClNO. The molecule has 3 rings (SSSR count). The van der Waals surface area contributed by atoms with E-state index in [1.54, 1.807) is 0 Å². The van der Waals surface area contributed by atoms with Crippen LogP contribution in [0.25, 0.3) is 0 Å². The molecule has 0 aromatic heterocycles. The first-order chi connectivity index (χ1) is 9.17. The molecule has 1 aliphatic heterocycles. The molecule has 1 aromatic rings. The summed E-state index contributed by atoms with van der Waals surface area (Å²) in [6.45, 7) is 0.997. The number of halogens is 1. The summed E-state index contributed by atoms with van der Waals surface area (Å²) in [7, 11) is 0. The molecule has 3 unspecified atom stereocenters. The van der Waals surface area contributed by atoms with Crippen LogP contribution in [0, 0.1) is 17.8 Å². The van der Waals surface area contributed by atoms with Crippen LogP contribution in [-0.2, 0) is 0 Å². The normalized spacial score (nSPS) is 33.4. The highest BCUT2D eigenvalue weighted by Crippen LogP contribution is 2.38. The van der Waals surface area contributed by atoms with Gasteiger partial charge in [-0.3, -0.25) is 0 Å². The number of nitrogens with one attached hydrogen (secondary N) is 1. The van der Waals surface area contributed by atoms with E-state index in [1.165, 1.54) is 0 Å². The first-order valence-corrected chi connectivity index (χ1v) is 7.30. The van der Waals surface area contributed by atoms with Gasteiger partial charge in [-0.1, -0.05) is 29.5 Å². The van der Waals surface area contributed by atoms with Gasteiger partial charge < -0.3 is 10.4 Å². The van der Waals surface area contributed by atoms with E-state index < -0.39 is 5.60 Å². The van der Waals surface area contributed by atoms with E-state index in [1.807, 2.05) is 24.3 Å². The Morgan fingerprint density at radius 1 is 1.37 bits per heavy atom. The van der Waals surface area contributed by atoms with E-state index in [-0.39, 0.29) is 5.92 Å². The van der Waals surface area contributed by atoms with Crippen LogP contribution in [0.4, 0.5) is 0 Å². The number of aliphatic hydroxyl groups is 1. The number of rotatable bonds is 0. The number of hydrogen-bond donors (Lipinski definition) is 2. The summed E-state index contributed by atoms with van der Waals surface area (Å²) >= 11 is 5.95. The fraction of sp³-hybridized carbons (Fsp3) is 0.500. The summed E-state index contributed by atoms with van der Waals surface area (Å²) in [5, 5.41) is 15.0. The third-order valence-corrected chi connectivity index (χ3v) is 4.52. The molecule has 2 N–H and O–H groups in total. The van der Waals surface area contributed by atoms with Crippen molar-refractivity contribution in [2.24, 2.45) is 5.92 Å². The van der Waals surface area contributed by atoms with Crippen molar-refractivity contribution in [2.75, 3.05) is 6.54 Å². The second-order valence-electron chi connectivity index (χ2n) is 5.53. The molecule has 1 aromatic carbocycles. The third kappa shape index (κ3) is 2.65. The second kappa shape index (κ2) is 5.17. The summed E-state index contributed by atoms with van der Waals surface area (Å²) in [4.78, 5) is 0. The van der Waals surface area contributed by atoms with Gasteiger partial charge in [-0.05, 0) is 50.4 Å². The van der Waals surface area contributed by atoms with Crippen molar-refractivity contribution in [1.29, 1.82) is 0 Å². The van der Waals surface area contributed by atoms with Crippen LogP contribution >= 0.6 is 11.6 Å². The monoisotopic (exact) mass is 275 g/mol. The van der Waals surface area contributed by atoms with Crippen LogP contribution in [0.2, 0.25) is 5.02 Å². The molecule has 3 heteroatoms. The second-order valence-corrected chi connectivity index (χ2v) is 5.97. The Labute approximate surface area is 119 Å². The van der Waals surface area contributed by atoms with E-state index in [9.17, 15) is 5.11 Å². The molecule has 19 heavy (non-hydrogen) atoms. The Kier molecular flexibility index (Phi) is 3.54. The summed E-state index contributed by atoms with van der Waals surface area (Å²) < 4.78 is 0. The first kappa shape index (κ1) is 13.0. The fourth-order valence-electron chi connectivity index (χ4n) is 3.32. The molecule has 1 aliphatic carbocycles. The van der Waals surface area contributed by atoms with E-state index in [2.05, 4.69) is 17.2 Å². The molecule has 2 fully saturated rings. The molecule has 3 atom stereocenters. The molecule has 100 valence electrons. The van der Waals surface area contributed by atoms with Crippen LogP contribution < -0.4 is 5.32 Å². The van der Waals surface area contributed by atoms with Crippen LogP contribution in [0.3, 0.4) is 0 Å². The van der Waals surface area contributed by atoms with E-state index >= 15 is 0 Å². The van der Waals surface area contributed by atoms with Crippen LogP contribution in [-0.4, -0.2) is 23.3 Å². The molecule has 1 heterocycles. The minimum atomic E-state index is -0.839. The lowest BCUT2D eigenvalue weighted by molar-refractivity contribution is 0.000969. The Balaban J connectivity index is 1.85. The largest absolute Gasteiger partial charge is 0.377 e. The third-order valence-electron chi connectivity index (χ3n) is 4.28. The highest BCUT2D eigenvalue weighted by molar-refractivity contribution is 6.30. The van der Waals surface area contributed by atoms with Crippen molar-refractivity contribution in [2.45, 2.75) is 37.3 Å². The quantitative estimate of drug-likeness (QED) is 0.714. The summed E-state index contributed by atoms with van der Waals surface area (Å²) in [6.07, 6.45) is 4.00. The standard InChI is InChI=1S/C16H18ClNO/c17-13-4-1-3-12(11-13)6-9-16(19)8-2-5-15-14(16)7-10-18-15/h1,3-4,11,14-15,18-19H,2,5,7-8,10H2. The summed E-state index contributed by atoms with van der Waals surface area (Å²) in [5.74, 6) is 6.49. The molecule has 0 spiro atoms. The lowest BCUT2D eigenvalue weighted by Crippen LogP contribution is -2.47. The fourth-order valence-corrected chi connectivity index (χ4v) is 3.51. The van der Waals surface area contributed by atoms with Crippen molar-refractivity contribution in [1.82, 2.24) is 5.32 Å². The zero-order valence-electron chi connectivity index (χ0n) is 10.8. The van der Waals surface area contributed by atoms with Crippen molar-refractivity contribution < 1.29 is 5.11 Å². The molecule has 2 nitrogen and oxygen atoms in total. The average molecular weight is 276 g/mol. The van der Waals surface area contributed by atoms with Gasteiger partial charge in [0.05, 0.1) is 0 Å². The zero-order valence-corrected chi connectivity index (χ0v) is 11.6. The molecule has 1 saturated carbocycles. The zero-order chi connectivity index (χ0) is 13.3. The van der Waals surface area contributed by atoms with Gasteiger partial charge in [0.25, 0.3) is 0 Å². The Morgan fingerprint density at radius 3 is 3.11 bits per heavy atom. The van der Waals surface area contributed by atoms with Gasteiger partial charge in [0, 0.05) is 22.5 Å². The van der Waals surface area contributed by atoms with Gasteiger partial charge in [-0.2, -0.15) is 0 Å². The Hall–Kier alpha value is -1.01. The molecule has 0 radical (unpaired) electrons. The molecule has 1 saturated heterocycles. The average Bonchev–Trinajstić information content (AvgIpc) is 2.87. The van der Waals surface area contributed by atoms with Gasteiger partial charge in [0.1, 0.15) is 5.60 Å². The smallest absolute Gasteiger partial charge is 0.130 e. The predicted molar refractivity (Wildman–Crippen MR) is 77.0 cm³/mol. The molecular weight excluding hydrogens is 258 g/mol. The lowest BCUT2D eigenvalue weighted by atomic mass is 9.73. The topological polar surface area (TPSA) is 32.3 Å². The van der Waals surface area contributed by atoms with E-state index in [0.717, 1.165) is 37.8 Å². The SMILES string of the molecule is OC1(C#Cc2cccc(Cl)c2)CCCC2NCCC21. The summed E-state index contributed by atoms with van der Waals surface area (Å²) in [6, 6.07) is 7.92. The number of benzene rings is 1. The minimum absolute atomic E-state index is 0.271.